The van der Waals surface area contributed by atoms with Gasteiger partial charge in [0.1, 0.15) is 17.9 Å². The Hall–Kier alpha value is -4.13. The second-order valence-corrected chi connectivity index (χ2v) is 6.38. The largest absolute Gasteiger partial charge is 0.439 e. The molecule has 2 aromatic carbocycles. The molecule has 0 saturated heterocycles. The number of benzene rings is 2. The number of urea groups is 1. The molecule has 7 nitrogen and oxygen atoms in total. The highest BCUT2D eigenvalue weighted by Gasteiger charge is 2.05. The monoisotopic (exact) mass is 385 g/mol. The Bertz CT molecular complexity index is 1110. The SMILES string of the molecule is Cc1cccc(NC(=O)Nc2ccc(Oc3cc(-n4cccc4)ncn3)cc2)c1. The molecule has 4 aromatic rings. The van der Waals surface area contributed by atoms with Crippen molar-refractivity contribution < 1.29 is 9.53 Å². The third-order valence-corrected chi connectivity index (χ3v) is 4.11. The molecular formula is C22H19N5O2. The Morgan fingerprint density at radius 3 is 2.41 bits per heavy atom. The van der Waals surface area contributed by atoms with E-state index in [0.29, 0.717) is 23.1 Å². The molecule has 29 heavy (non-hydrogen) atoms. The van der Waals surface area contributed by atoms with Gasteiger partial charge in [0.2, 0.25) is 5.88 Å². The summed E-state index contributed by atoms with van der Waals surface area (Å²) in [6.45, 7) is 1.97. The number of rotatable bonds is 5. The van der Waals surface area contributed by atoms with E-state index < -0.39 is 0 Å². The molecule has 2 amide bonds. The fourth-order valence-corrected chi connectivity index (χ4v) is 2.76. The van der Waals surface area contributed by atoms with Crippen molar-refractivity contribution in [2.75, 3.05) is 10.6 Å². The zero-order chi connectivity index (χ0) is 20.1. The number of ether oxygens (including phenoxy) is 1. The van der Waals surface area contributed by atoms with Crippen LogP contribution in [-0.2, 0) is 0 Å². The minimum atomic E-state index is -0.309. The number of aryl methyl sites for hydroxylation is 1. The van der Waals surface area contributed by atoms with Gasteiger partial charge in [0.05, 0.1) is 0 Å². The number of anilines is 2. The summed E-state index contributed by atoms with van der Waals surface area (Å²) in [5.41, 5.74) is 2.47. The summed E-state index contributed by atoms with van der Waals surface area (Å²) in [6, 6.07) is 19.9. The van der Waals surface area contributed by atoms with Crippen molar-refractivity contribution in [3.8, 4) is 17.4 Å². The van der Waals surface area contributed by atoms with Gasteiger partial charge in [0.15, 0.2) is 0 Å². The molecule has 0 saturated carbocycles. The van der Waals surface area contributed by atoms with Crippen LogP contribution in [-0.4, -0.2) is 20.6 Å². The third kappa shape index (κ3) is 4.78. The molecule has 0 bridgehead atoms. The summed E-state index contributed by atoms with van der Waals surface area (Å²) in [6.07, 6.45) is 5.25. The van der Waals surface area contributed by atoms with Gasteiger partial charge in [0.25, 0.3) is 0 Å². The van der Waals surface area contributed by atoms with E-state index in [0.717, 1.165) is 11.3 Å². The number of aromatic nitrogens is 3. The standard InChI is InChI=1S/C22H19N5O2/c1-16-5-4-6-18(13-16)26-22(28)25-17-7-9-19(10-8-17)29-21-14-20(23-15-24-21)27-11-2-3-12-27/h2-15H,1H3,(H2,25,26,28). The van der Waals surface area contributed by atoms with Gasteiger partial charge in [-0.1, -0.05) is 12.1 Å². The second kappa shape index (κ2) is 8.26. The van der Waals surface area contributed by atoms with Crippen molar-refractivity contribution in [2.45, 2.75) is 6.92 Å². The smallest absolute Gasteiger partial charge is 0.323 e. The molecule has 2 N–H and O–H groups in total. The highest BCUT2D eigenvalue weighted by atomic mass is 16.5. The van der Waals surface area contributed by atoms with E-state index in [1.54, 1.807) is 30.3 Å². The molecule has 0 fully saturated rings. The van der Waals surface area contributed by atoms with Crippen LogP contribution in [0.25, 0.3) is 5.82 Å². The van der Waals surface area contributed by atoms with Gasteiger partial charge < -0.3 is 19.9 Å². The molecule has 0 aliphatic carbocycles. The van der Waals surface area contributed by atoms with Gasteiger partial charge in [-0.2, -0.15) is 0 Å². The zero-order valence-corrected chi connectivity index (χ0v) is 15.7. The first-order valence-electron chi connectivity index (χ1n) is 9.04. The van der Waals surface area contributed by atoms with Crippen molar-refractivity contribution in [1.82, 2.24) is 14.5 Å². The highest BCUT2D eigenvalue weighted by molar-refractivity contribution is 5.99. The first-order valence-corrected chi connectivity index (χ1v) is 9.04. The molecule has 0 unspecified atom stereocenters. The van der Waals surface area contributed by atoms with Crippen molar-refractivity contribution in [3.63, 3.8) is 0 Å². The van der Waals surface area contributed by atoms with Crippen LogP contribution in [0.1, 0.15) is 5.56 Å². The Balaban J connectivity index is 1.38. The van der Waals surface area contributed by atoms with Gasteiger partial charge in [-0.05, 0) is 61.0 Å². The Labute approximate surface area is 168 Å². The molecule has 0 aliphatic heterocycles. The van der Waals surface area contributed by atoms with E-state index in [1.165, 1.54) is 6.33 Å². The molecule has 2 heterocycles. The topological polar surface area (TPSA) is 81.1 Å². The van der Waals surface area contributed by atoms with Crippen LogP contribution in [0.4, 0.5) is 16.2 Å². The van der Waals surface area contributed by atoms with Crippen molar-refractivity contribution >= 4 is 17.4 Å². The van der Waals surface area contributed by atoms with Crippen molar-refractivity contribution in [1.29, 1.82) is 0 Å². The third-order valence-electron chi connectivity index (χ3n) is 4.11. The fourth-order valence-electron chi connectivity index (χ4n) is 2.76. The zero-order valence-electron chi connectivity index (χ0n) is 15.7. The Morgan fingerprint density at radius 1 is 0.897 bits per heavy atom. The quantitative estimate of drug-likeness (QED) is 0.506. The van der Waals surface area contributed by atoms with Crippen LogP contribution in [0.2, 0.25) is 0 Å². The number of hydrogen-bond acceptors (Lipinski definition) is 4. The number of nitrogens with one attached hydrogen (secondary N) is 2. The summed E-state index contributed by atoms with van der Waals surface area (Å²) in [4.78, 5) is 20.5. The normalized spacial score (nSPS) is 10.4. The second-order valence-electron chi connectivity index (χ2n) is 6.38. The number of carbonyl (C=O) groups is 1. The van der Waals surface area contributed by atoms with Crippen molar-refractivity contribution in [3.05, 3.63) is 91.0 Å². The lowest BCUT2D eigenvalue weighted by atomic mass is 10.2. The molecule has 7 heteroatoms. The predicted molar refractivity (Wildman–Crippen MR) is 112 cm³/mol. The van der Waals surface area contributed by atoms with Gasteiger partial charge >= 0.3 is 6.03 Å². The van der Waals surface area contributed by atoms with E-state index >= 15 is 0 Å². The van der Waals surface area contributed by atoms with E-state index in [9.17, 15) is 4.79 Å². The van der Waals surface area contributed by atoms with E-state index in [2.05, 4.69) is 20.6 Å². The minimum absolute atomic E-state index is 0.309. The van der Waals surface area contributed by atoms with E-state index in [-0.39, 0.29) is 6.03 Å². The molecule has 144 valence electrons. The number of carbonyl (C=O) groups excluding carboxylic acids is 1. The van der Waals surface area contributed by atoms with E-state index in [1.807, 2.05) is 60.3 Å². The lowest BCUT2D eigenvalue weighted by molar-refractivity contribution is 0.262. The molecule has 0 spiro atoms. The first kappa shape index (κ1) is 18.2. The summed E-state index contributed by atoms with van der Waals surface area (Å²) in [5, 5.41) is 5.60. The van der Waals surface area contributed by atoms with Crippen LogP contribution in [0.5, 0.6) is 11.6 Å². The highest BCUT2D eigenvalue weighted by Crippen LogP contribution is 2.22. The maximum atomic E-state index is 12.1. The van der Waals surface area contributed by atoms with Crippen LogP contribution < -0.4 is 15.4 Å². The molecule has 0 aliphatic rings. The molecule has 0 radical (unpaired) electrons. The van der Waals surface area contributed by atoms with Gasteiger partial charge in [-0.3, -0.25) is 0 Å². The van der Waals surface area contributed by atoms with Crippen LogP contribution in [0.15, 0.2) is 85.5 Å². The van der Waals surface area contributed by atoms with Crippen LogP contribution in [0, 0.1) is 6.92 Å². The lowest BCUT2D eigenvalue weighted by Gasteiger charge is -2.10. The molecular weight excluding hydrogens is 366 g/mol. The Morgan fingerprint density at radius 2 is 1.66 bits per heavy atom. The van der Waals surface area contributed by atoms with Gasteiger partial charge in [-0.15, -0.1) is 0 Å². The van der Waals surface area contributed by atoms with Crippen LogP contribution in [0.3, 0.4) is 0 Å². The average molecular weight is 385 g/mol. The average Bonchev–Trinajstić information content (AvgIpc) is 3.25. The first-order chi connectivity index (χ1) is 14.2. The molecule has 4 rings (SSSR count). The summed E-state index contributed by atoms with van der Waals surface area (Å²) >= 11 is 0. The Kier molecular flexibility index (Phi) is 5.20. The maximum absolute atomic E-state index is 12.1. The lowest BCUT2D eigenvalue weighted by Crippen LogP contribution is -2.19. The van der Waals surface area contributed by atoms with E-state index in [4.69, 9.17) is 4.74 Å². The summed E-state index contributed by atoms with van der Waals surface area (Å²) in [5.74, 6) is 1.75. The predicted octanol–water partition coefficient (Wildman–Crippen LogP) is 5.01. The number of hydrogen-bond donors (Lipinski definition) is 2. The van der Waals surface area contributed by atoms with Crippen molar-refractivity contribution in [2.24, 2.45) is 0 Å². The molecule has 0 atom stereocenters. The number of amides is 2. The van der Waals surface area contributed by atoms with Gasteiger partial charge in [-0.25, -0.2) is 14.8 Å². The van der Waals surface area contributed by atoms with Crippen LogP contribution >= 0.6 is 0 Å². The maximum Gasteiger partial charge on any atom is 0.323 e. The summed E-state index contributed by atoms with van der Waals surface area (Å²) in [7, 11) is 0. The number of nitrogens with zero attached hydrogens (tertiary/aromatic N) is 3. The minimum Gasteiger partial charge on any atom is -0.439 e. The molecule has 2 aromatic heterocycles. The summed E-state index contributed by atoms with van der Waals surface area (Å²) < 4.78 is 7.66. The van der Waals surface area contributed by atoms with Gasteiger partial charge in [0, 0.05) is 29.8 Å². The fraction of sp³-hybridized carbons (Fsp3) is 0.0455.